The summed E-state index contributed by atoms with van der Waals surface area (Å²) in [5.74, 6) is 2.12. The van der Waals surface area contributed by atoms with E-state index < -0.39 is 0 Å². The van der Waals surface area contributed by atoms with Crippen LogP contribution in [0, 0.1) is 5.92 Å². The number of hydrogen-bond acceptors (Lipinski definition) is 2. The average molecular weight is 134 g/mol. The van der Waals surface area contributed by atoms with E-state index in [1.165, 1.54) is 6.42 Å². The molecule has 0 heterocycles. The fourth-order valence-corrected chi connectivity index (χ4v) is 1.12. The van der Waals surface area contributed by atoms with Crippen molar-refractivity contribution >= 4 is 11.8 Å². The molecule has 0 amide bonds. The van der Waals surface area contributed by atoms with Crippen LogP contribution in [0.4, 0.5) is 0 Å². The van der Waals surface area contributed by atoms with E-state index in [4.69, 9.17) is 5.11 Å². The smallest absolute Gasteiger partial charge is 0.0886 e. The number of rotatable bonds is 4. The molecule has 0 aliphatic rings. The number of aliphatic hydroxyl groups excluding tert-OH is 1. The molecule has 0 aromatic heterocycles. The molecule has 0 aliphatic heterocycles. The van der Waals surface area contributed by atoms with Crippen LogP contribution >= 0.6 is 11.8 Å². The van der Waals surface area contributed by atoms with Crippen LogP contribution in [0.3, 0.4) is 0 Å². The Hall–Kier alpha value is 0.310. The van der Waals surface area contributed by atoms with Gasteiger partial charge in [-0.1, -0.05) is 20.3 Å². The highest BCUT2D eigenvalue weighted by Gasteiger charge is 1.95. The van der Waals surface area contributed by atoms with Gasteiger partial charge in [0.1, 0.15) is 0 Å². The summed E-state index contributed by atoms with van der Waals surface area (Å²) < 4.78 is 0. The van der Waals surface area contributed by atoms with Crippen LogP contribution in [0.1, 0.15) is 20.3 Å². The third-order valence-electron chi connectivity index (χ3n) is 1.19. The Bertz CT molecular complexity index is 47.8. The summed E-state index contributed by atoms with van der Waals surface area (Å²) in [5, 5.41) is 8.37. The highest BCUT2D eigenvalue weighted by Crippen LogP contribution is 2.08. The van der Waals surface area contributed by atoms with Crippen LogP contribution in [-0.2, 0) is 0 Å². The first kappa shape index (κ1) is 8.31. The summed E-state index contributed by atoms with van der Waals surface area (Å²) in [6.45, 7) is 4.37. The molecular formula is C6H14OS. The average Bonchev–Trinajstić information content (AvgIpc) is 1.83. The molecule has 2 heteroatoms. The predicted molar refractivity (Wildman–Crippen MR) is 39.0 cm³/mol. The van der Waals surface area contributed by atoms with Gasteiger partial charge in [-0.2, -0.15) is 0 Å². The maximum absolute atomic E-state index is 8.37. The highest BCUT2D eigenvalue weighted by atomic mass is 32.2. The van der Waals surface area contributed by atoms with E-state index in [0.29, 0.717) is 0 Å². The van der Waals surface area contributed by atoms with Crippen LogP contribution < -0.4 is 0 Å². The van der Waals surface area contributed by atoms with E-state index in [1.54, 1.807) is 11.8 Å². The van der Waals surface area contributed by atoms with Crippen LogP contribution in [-0.4, -0.2) is 16.8 Å². The molecule has 1 unspecified atom stereocenters. The molecule has 0 fully saturated rings. The number of hydrogen-bond donors (Lipinski definition) is 1. The molecule has 1 atom stereocenters. The minimum absolute atomic E-state index is 0.268. The van der Waals surface area contributed by atoms with Crippen molar-refractivity contribution in [2.45, 2.75) is 20.3 Å². The molecule has 0 aromatic rings. The molecule has 0 radical (unpaired) electrons. The van der Waals surface area contributed by atoms with Gasteiger partial charge in [-0.05, 0) is 11.7 Å². The largest absolute Gasteiger partial charge is 0.386 e. The highest BCUT2D eigenvalue weighted by molar-refractivity contribution is 7.99. The quantitative estimate of drug-likeness (QED) is 0.591. The SMILES string of the molecule is CCC(C)CSCO. The fraction of sp³-hybridized carbons (Fsp3) is 1.00. The minimum Gasteiger partial charge on any atom is -0.386 e. The summed E-state index contributed by atoms with van der Waals surface area (Å²) in [4.78, 5) is 0. The van der Waals surface area contributed by atoms with Gasteiger partial charge < -0.3 is 5.11 Å². The van der Waals surface area contributed by atoms with Crippen molar-refractivity contribution in [1.29, 1.82) is 0 Å². The topological polar surface area (TPSA) is 20.2 Å². The molecule has 0 saturated carbocycles. The van der Waals surface area contributed by atoms with Crippen molar-refractivity contribution in [3.05, 3.63) is 0 Å². The lowest BCUT2D eigenvalue weighted by molar-refractivity contribution is 0.374. The Kier molecular flexibility index (Phi) is 5.66. The predicted octanol–water partition coefficient (Wildman–Crippen LogP) is 1.72. The molecule has 0 rings (SSSR count). The van der Waals surface area contributed by atoms with Crippen LogP contribution in [0.25, 0.3) is 0 Å². The van der Waals surface area contributed by atoms with Crippen molar-refractivity contribution in [3.8, 4) is 0 Å². The number of aliphatic hydroxyl groups is 1. The van der Waals surface area contributed by atoms with E-state index >= 15 is 0 Å². The summed E-state index contributed by atoms with van der Waals surface area (Å²) in [7, 11) is 0. The van der Waals surface area contributed by atoms with E-state index in [0.717, 1.165) is 11.7 Å². The first-order valence-corrected chi connectivity index (χ1v) is 4.15. The second-order valence-electron chi connectivity index (χ2n) is 2.01. The second kappa shape index (κ2) is 5.45. The third-order valence-corrected chi connectivity index (χ3v) is 2.18. The zero-order chi connectivity index (χ0) is 6.41. The van der Waals surface area contributed by atoms with Gasteiger partial charge in [-0.3, -0.25) is 0 Å². The van der Waals surface area contributed by atoms with Crippen LogP contribution in [0.15, 0.2) is 0 Å². The monoisotopic (exact) mass is 134 g/mol. The van der Waals surface area contributed by atoms with Crippen molar-refractivity contribution in [2.24, 2.45) is 5.92 Å². The number of thioether (sulfide) groups is 1. The molecule has 0 aliphatic carbocycles. The lowest BCUT2D eigenvalue weighted by atomic mass is 10.2. The van der Waals surface area contributed by atoms with Crippen molar-refractivity contribution in [3.63, 3.8) is 0 Å². The lowest BCUT2D eigenvalue weighted by Gasteiger charge is -2.03. The third kappa shape index (κ3) is 4.47. The van der Waals surface area contributed by atoms with Gasteiger partial charge >= 0.3 is 0 Å². The van der Waals surface area contributed by atoms with Gasteiger partial charge in [0.15, 0.2) is 0 Å². The maximum Gasteiger partial charge on any atom is 0.0886 e. The normalized spacial score (nSPS) is 13.9. The van der Waals surface area contributed by atoms with E-state index in [1.807, 2.05) is 0 Å². The minimum atomic E-state index is 0.268. The van der Waals surface area contributed by atoms with E-state index in [9.17, 15) is 0 Å². The zero-order valence-corrected chi connectivity index (χ0v) is 6.37. The summed E-state index contributed by atoms with van der Waals surface area (Å²) in [6.07, 6.45) is 1.22. The summed E-state index contributed by atoms with van der Waals surface area (Å²) in [5.41, 5.74) is 0. The molecule has 1 N–H and O–H groups in total. The molecule has 50 valence electrons. The molecule has 0 saturated heterocycles. The summed E-state index contributed by atoms with van der Waals surface area (Å²) >= 11 is 1.60. The molecule has 0 bridgehead atoms. The molecule has 0 spiro atoms. The van der Waals surface area contributed by atoms with E-state index in [2.05, 4.69) is 13.8 Å². The maximum atomic E-state index is 8.37. The Balaban J connectivity index is 2.86. The Morgan fingerprint density at radius 3 is 2.62 bits per heavy atom. The van der Waals surface area contributed by atoms with Gasteiger partial charge in [0.25, 0.3) is 0 Å². The Labute approximate surface area is 55.5 Å². The van der Waals surface area contributed by atoms with Gasteiger partial charge in [0, 0.05) is 0 Å². The van der Waals surface area contributed by atoms with Crippen molar-refractivity contribution in [1.82, 2.24) is 0 Å². The Morgan fingerprint density at radius 2 is 2.25 bits per heavy atom. The van der Waals surface area contributed by atoms with Crippen molar-refractivity contribution < 1.29 is 5.11 Å². The first-order valence-electron chi connectivity index (χ1n) is 2.99. The van der Waals surface area contributed by atoms with E-state index in [-0.39, 0.29) is 5.94 Å². The fourth-order valence-electron chi connectivity index (χ4n) is 0.372. The molecule has 0 aromatic carbocycles. The summed E-state index contributed by atoms with van der Waals surface area (Å²) in [6, 6.07) is 0. The Morgan fingerprint density at radius 1 is 1.62 bits per heavy atom. The van der Waals surface area contributed by atoms with Crippen LogP contribution in [0.5, 0.6) is 0 Å². The van der Waals surface area contributed by atoms with Gasteiger partial charge in [-0.25, -0.2) is 0 Å². The second-order valence-corrected chi connectivity index (χ2v) is 3.01. The zero-order valence-electron chi connectivity index (χ0n) is 5.55. The van der Waals surface area contributed by atoms with Gasteiger partial charge in [0.2, 0.25) is 0 Å². The molecule has 1 nitrogen and oxygen atoms in total. The van der Waals surface area contributed by atoms with Gasteiger partial charge in [0.05, 0.1) is 5.94 Å². The molecular weight excluding hydrogens is 120 g/mol. The first-order chi connectivity index (χ1) is 3.81. The van der Waals surface area contributed by atoms with Crippen molar-refractivity contribution in [2.75, 3.05) is 11.7 Å². The lowest BCUT2D eigenvalue weighted by Crippen LogP contribution is -1.95. The standard InChI is InChI=1S/C6H14OS/c1-3-6(2)4-8-5-7/h6-7H,3-5H2,1-2H3. The van der Waals surface area contributed by atoms with Gasteiger partial charge in [-0.15, -0.1) is 11.8 Å². The van der Waals surface area contributed by atoms with Crippen LogP contribution in [0.2, 0.25) is 0 Å². The molecule has 8 heavy (non-hydrogen) atoms.